The van der Waals surface area contributed by atoms with E-state index in [1.54, 1.807) is 6.33 Å². The van der Waals surface area contributed by atoms with Gasteiger partial charge in [-0.15, -0.1) is 0 Å². The zero-order valence-corrected chi connectivity index (χ0v) is 12.6. The van der Waals surface area contributed by atoms with Crippen LogP contribution in [0.4, 0.5) is 11.6 Å². The monoisotopic (exact) mass is 262 g/mol. The molecule has 0 unspecified atom stereocenters. The number of anilines is 2. The maximum Gasteiger partial charge on any atom is 0.137 e. The van der Waals surface area contributed by atoms with E-state index in [0.29, 0.717) is 12.0 Å². The summed E-state index contributed by atoms with van der Waals surface area (Å²) in [4.78, 5) is 11.5. The highest BCUT2D eigenvalue weighted by Gasteiger charge is 2.32. The number of hydrogen-bond donors (Lipinski definition) is 1. The first-order chi connectivity index (χ1) is 9.19. The number of nitrogens with zero attached hydrogens (tertiary/aromatic N) is 3. The Labute approximate surface area is 116 Å². The summed E-state index contributed by atoms with van der Waals surface area (Å²) >= 11 is 0. The average molecular weight is 262 g/mol. The van der Waals surface area contributed by atoms with Crippen molar-refractivity contribution < 1.29 is 0 Å². The van der Waals surface area contributed by atoms with E-state index in [1.807, 2.05) is 7.05 Å². The van der Waals surface area contributed by atoms with Crippen molar-refractivity contribution in [3.05, 3.63) is 11.9 Å². The van der Waals surface area contributed by atoms with E-state index in [9.17, 15) is 0 Å². The topological polar surface area (TPSA) is 41.1 Å². The van der Waals surface area contributed by atoms with E-state index >= 15 is 0 Å². The summed E-state index contributed by atoms with van der Waals surface area (Å²) in [6, 6.07) is 0.698. The van der Waals surface area contributed by atoms with Crippen LogP contribution in [0, 0.1) is 0 Å². The smallest absolute Gasteiger partial charge is 0.137 e. The number of hydrogen-bond acceptors (Lipinski definition) is 4. The molecular weight excluding hydrogens is 236 g/mol. The van der Waals surface area contributed by atoms with E-state index in [2.05, 4.69) is 41.0 Å². The first kappa shape index (κ1) is 14.1. The Hall–Kier alpha value is -1.32. The molecule has 2 rings (SSSR count). The molecule has 1 fully saturated rings. The zero-order valence-electron chi connectivity index (χ0n) is 12.6. The van der Waals surface area contributed by atoms with Crippen molar-refractivity contribution in [1.29, 1.82) is 0 Å². The Kier molecular flexibility index (Phi) is 4.61. The molecule has 4 heteroatoms. The molecule has 106 valence electrons. The van der Waals surface area contributed by atoms with Gasteiger partial charge < -0.3 is 10.2 Å². The Balaban J connectivity index is 2.34. The molecular formula is C15H26N4. The second-order valence-electron chi connectivity index (χ2n) is 5.64. The maximum absolute atomic E-state index is 4.60. The third kappa shape index (κ3) is 3.17. The van der Waals surface area contributed by atoms with Crippen LogP contribution >= 0.6 is 0 Å². The van der Waals surface area contributed by atoms with Crippen LogP contribution in [0.15, 0.2) is 6.33 Å². The van der Waals surface area contributed by atoms with E-state index in [4.69, 9.17) is 0 Å². The summed E-state index contributed by atoms with van der Waals surface area (Å²) < 4.78 is 0. The summed E-state index contributed by atoms with van der Waals surface area (Å²) in [6.07, 6.45) is 6.76. The van der Waals surface area contributed by atoms with Crippen LogP contribution in [0.5, 0.6) is 0 Å². The van der Waals surface area contributed by atoms with Crippen LogP contribution in [0.3, 0.4) is 0 Å². The molecule has 0 atom stereocenters. The normalized spacial score (nSPS) is 14.8. The van der Waals surface area contributed by atoms with Crippen LogP contribution in [0.1, 0.15) is 57.9 Å². The maximum atomic E-state index is 4.60. The Morgan fingerprint density at radius 1 is 1.37 bits per heavy atom. The molecule has 1 heterocycles. The fourth-order valence-electron chi connectivity index (χ4n) is 2.52. The molecule has 0 saturated heterocycles. The van der Waals surface area contributed by atoms with Crippen LogP contribution in [-0.4, -0.2) is 29.6 Å². The highest BCUT2D eigenvalue weighted by Crippen LogP contribution is 2.37. The molecule has 1 N–H and O–H groups in total. The van der Waals surface area contributed by atoms with Gasteiger partial charge in [0.15, 0.2) is 0 Å². The van der Waals surface area contributed by atoms with Crippen LogP contribution < -0.4 is 10.2 Å². The third-order valence-corrected chi connectivity index (χ3v) is 3.69. The van der Waals surface area contributed by atoms with Gasteiger partial charge in [-0.05, 0) is 25.2 Å². The second-order valence-corrected chi connectivity index (χ2v) is 5.64. The van der Waals surface area contributed by atoms with Crippen molar-refractivity contribution in [3.63, 3.8) is 0 Å². The SMILES string of the molecule is CCCCN(c1ncnc(NC)c1C(C)C)C1CC1. The number of aromatic nitrogens is 2. The van der Waals surface area contributed by atoms with Crippen molar-refractivity contribution in [1.82, 2.24) is 9.97 Å². The van der Waals surface area contributed by atoms with Gasteiger partial charge in [-0.1, -0.05) is 27.2 Å². The Bertz CT molecular complexity index is 413. The summed E-state index contributed by atoms with van der Waals surface area (Å²) in [5.74, 6) is 2.55. The first-order valence-electron chi connectivity index (χ1n) is 7.48. The first-order valence-corrected chi connectivity index (χ1v) is 7.48. The fraction of sp³-hybridized carbons (Fsp3) is 0.733. The molecule has 1 saturated carbocycles. The minimum absolute atomic E-state index is 0.432. The third-order valence-electron chi connectivity index (χ3n) is 3.69. The van der Waals surface area contributed by atoms with Gasteiger partial charge in [0, 0.05) is 25.2 Å². The molecule has 0 bridgehead atoms. The second kappa shape index (κ2) is 6.22. The lowest BCUT2D eigenvalue weighted by atomic mass is 10.0. The summed E-state index contributed by atoms with van der Waals surface area (Å²) in [5, 5.41) is 3.21. The van der Waals surface area contributed by atoms with Crippen molar-refractivity contribution in [2.75, 3.05) is 23.8 Å². The predicted octanol–water partition coefficient (Wildman–Crippen LogP) is 3.41. The number of rotatable bonds is 7. The van der Waals surface area contributed by atoms with Crippen LogP contribution in [0.25, 0.3) is 0 Å². The Morgan fingerprint density at radius 3 is 2.63 bits per heavy atom. The van der Waals surface area contributed by atoms with Crippen LogP contribution in [-0.2, 0) is 0 Å². The lowest BCUT2D eigenvalue weighted by Crippen LogP contribution is -2.29. The van der Waals surface area contributed by atoms with Gasteiger partial charge >= 0.3 is 0 Å². The molecule has 19 heavy (non-hydrogen) atoms. The standard InChI is InChI=1S/C15H26N4/c1-5-6-9-19(12-7-8-12)15-13(11(2)3)14(16-4)17-10-18-15/h10-12H,5-9H2,1-4H3,(H,16,17,18). The minimum Gasteiger partial charge on any atom is -0.373 e. The highest BCUT2D eigenvalue weighted by atomic mass is 15.2. The number of unbranched alkanes of at least 4 members (excludes halogenated alkanes) is 1. The lowest BCUT2D eigenvalue weighted by molar-refractivity contribution is 0.693. The highest BCUT2D eigenvalue weighted by molar-refractivity contribution is 5.61. The molecule has 0 aliphatic heterocycles. The van der Waals surface area contributed by atoms with Crippen molar-refractivity contribution in [2.45, 2.75) is 58.4 Å². The summed E-state index contributed by atoms with van der Waals surface area (Å²) in [7, 11) is 1.94. The van der Waals surface area contributed by atoms with Gasteiger partial charge in [0.1, 0.15) is 18.0 Å². The predicted molar refractivity (Wildman–Crippen MR) is 80.9 cm³/mol. The molecule has 0 aromatic carbocycles. The van der Waals surface area contributed by atoms with E-state index in [0.717, 1.165) is 18.2 Å². The molecule has 1 aromatic heterocycles. The zero-order chi connectivity index (χ0) is 13.8. The number of nitrogens with one attached hydrogen (secondary N) is 1. The lowest BCUT2D eigenvalue weighted by Gasteiger charge is -2.27. The van der Waals surface area contributed by atoms with Gasteiger partial charge in [0.2, 0.25) is 0 Å². The van der Waals surface area contributed by atoms with E-state index in [-0.39, 0.29) is 0 Å². The molecule has 0 radical (unpaired) electrons. The van der Waals surface area contributed by atoms with Gasteiger partial charge in [-0.25, -0.2) is 9.97 Å². The average Bonchev–Trinajstić information content (AvgIpc) is 3.23. The molecule has 4 nitrogen and oxygen atoms in total. The summed E-state index contributed by atoms with van der Waals surface area (Å²) in [5.41, 5.74) is 1.26. The molecule has 0 amide bonds. The van der Waals surface area contributed by atoms with Crippen molar-refractivity contribution >= 4 is 11.6 Å². The summed E-state index contributed by atoms with van der Waals surface area (Å²) in [6.45, 7) is 7.79. The molecule has 0 spiro atoms. The minimum atomic E-state index is 0.432. The van der Waals surface area contributed by atoms with Crippen molar-refractivity contribution in [3.8, 4) is 0 Å². The fourth-order valence-corrected chi connectivity index (χ4v) is 2.52. The molecule has 1 aromatic rings. The van der Waals surface area contributed by atoms with Gasteiger partial charge in [0.25, 0.3) is 0 Å². The largest absolute Gasteiger partial charge is 0.373 e. The van der Waals surface area contributed by atoms with Crippen LogP contribution in [0.2, 0.25) is 0 Å². The van der Waals surface area contributed by atoms with Gasteiger partial charge in [-0.2, -0.15) is 0 Å². The van der Waals surface area contributed by atoms with Gasteiger partial charge in [0.05, 0.1) is 0 Å². The van der Waals surface area contributed by atoms with Gasteiger partial charge in [-0.3, -0.25) is 0 Å². The quantitative estimate of drug-likeness (QED) is 0.817. The molecule has 1 aliphatic carbocycles. The van der Waals surface area contributed by atoms with E-state index in [1.165, 1.54) is 31.2 Å². The molecule has 1 aliphatic rings. The van der Waals surface area contributed by atoms with E-state index < -0.39 is 0 Å². The van der Waals surface area contributed by atoms with Crippen molar-refractivity contribution in [2.24, 2.45) is 0 Å². The Morgan fingerprint density at radius 2 is 2.11 bits per heavy atom.